The van der Waals surface area contributed by atoms with Crippen molar-refractivity contribution < 1.29 is 0 Å². The van der Waals surface area contributed by atoms with Crippen LogP contribution in [0.1, 0.15) is 30.0 Å². The summed E-state index contributed by atoms with van der Waals surface area (Å²) >= 11 is 6.82. The predicted molar refractivity (Wildman–Crippen MR) is 89.0 cm³/mol. The summed E-state index contributed by atoms with van der Waals surface area (Å²) in [5, 5.41) is 0.168. The van der Waals surface area contributed by atoms with E-state index in [4.69, 9.17) is 11.6 Å². The lowest BCUT2D eigenvalue weighted by Crippen LogP contribution is -2.65. The van der Waals surface area contributed by atoms with Gasteiger partial charge in [0, 0.05) is 23.9 Å². The van der Waals surface area contributed by atoms with E-state index in [1.54, 1.807) is 11.1 Å². The van der Waals surface area contributed by atoms with Gasteiger partial charge in [0.05, 0.1) is 5.38 Å². The standard InChI is InChI=1S/C19H24ClN/c1-12-6-4-7-14-10-16-18-15(20)8-5-9-19(18,17(12)14)13(2)11-21(16)3/h4-8,13,15-16,18H,9-11H2,1-3H3/t13?,15?,16-,18?,19+/m1/s1. The minimum absolute atomic E-state index is 0.168. The number of alkyl halides is 1. The third-order valence-electron chi connectivity index (χ3n) is 6.39. The molecule has 3 aliphatic rings. The maximum atomic E-state index is 6.82. The number of allylic oxidation sites excluding steroid dienone is 2. The molecule has 0 spiro atoms. The van der Waals surface area contributed by atoms with Gasteiger partial charge in [0.25, 0.3) is 0 Å². The van der Waals surface area contributed by atoms with Gasteiger partial charge in [-0.3, -0.25) is 0 Å². The second-order valence-electron chi connectivity index (χ2n) is 7.36. The Morgan fingerprint density at radius 3 is 2.95 bits per heavy atom. The molecule has 112 valence electrons. The van der Waals surface area contributed by atoms with E-state index in [1.807, 2.05) is 0 Å². The highest BCUT2D eigenvalue weighted by Crippen LogP contribution is 2.57. The van der Waals surface area contributed by atoms with Crippen LogP contribution >= 0.6 is 11.6 Å². The number of likely N-dealkylation sites (N-methyl/N-ethyl adjacent to an activating group) is 1. The summed E-state index contributed by atoms with van der Waals surface area (Å²) in [5.74, 6) is 1.20. The number of hydrogen-bond donors (Lipinski definition) is 0. The first-order valence-corrected chi connectivity index (χ1v) is 8.59. The zero-order valence-corrected chi connectivity index (χ0v) is 13.9. The van der Waals surface area contributed by atoms with Crippen molar-refractivity contribution in [2.24, 2.45) is 11.8 Å². The topological polar surface area (TPSA) is 3.24 Å². The van der Waals surface area contributed by atoms with E-state index >= 15 is 0 Å². The molecule has 0 radical (unpaired) electrons. The van der Waals surface area contributed by atoms with Crippen LogP contribution in [0.25, 0.3) is 0 Å². The van der Waals surface area contributed by atoms with Crippen LogP contribution in [0.4, 0.5) is 0 Å². The molecule has 0 amide bonds. The lowest BCUT2D eigenvalue weighted by Gasteiger charge is -2.61. The Labute approximate surface area is 133 Å². The molecule has 0 N–H and O–H groups in total. The second kappa shape index (κ2) is 4.60. The lowest BCUT2D eigenvalue weighted by molar-refractivity contribution is -0.0113. The number of likely N-dealkylation sites (tertiary alicyclic amines) is 1. The third kappa shape index (κ3) is 1.68. The van der Waals surface area contributed by atoms with E-state index in [-0.39, 0.29) is 10.8 Å². The van der Waals surface area contributed by atoms with Gasteiger partial charge in [-0.1, -0.05) is 37.3 Å². The molecule has 5 atom stereocenters. The minimum atomic E-state index is 0.168. The summed E-state index contributed by atoms with van der Waals surface area (Å²) in [4.78, 5) is 2.56. The molecular formula is C19H24ClN. The average molecular weight is 302 g/mol. The Kier molecular flexibility index (Phi) is 3.03. The number of fused-ring (bicyclic) bond motifs is 1. The molecular weight excluding hydrogens is 278 g/mol. The molecule has 0 saturated carbocycles. The van der Waals surface area contributed by atoms with Gasteiger partial charge in [-0.2, -0.15) is 0 Å². The van der Waals surface area contributed by atoms with Crippen molar-refractivity contribution in [1.82, 2.24) is 4.90 Å². The van der Waals surface area contributed by atoms with Crippen molar-refractivity contribution in [2.75, 3.05) is 13.6 Å². The monoisotopic (exact) mass is 301 g/mol. The number of halogens is 1. The van der Waals surface area contributed by atoms with Crippen LogP contribution in [0.2, 0.25) is 0 Å². The van der Waals surface area contributed by atoms with Gasteiger partial charge in [0.15, 0.2) is 0 Å². The molecule has 3 unspecified atom stereocenters. The first-order valence-electron chi connectivity index (χ1n) is 8.15. The van der Waals surface area contributed by atoms with Gasteiger partial charge in [-0.25, -0.2) is 0 Å². The average Bonchev–Trinajstić information content (AvgIpc) is 2.45. The van der Waals surface area contributed by atoms with Crippen LogP contribution in [-0.2, 0) is 11.8 Å². The van der Waals surface area contributed by atoms with Crippen LogP contribution in [-0.4, -0.2) is 29.9 Å². The summed E-state index contributed by atoms with van der Waals surface area (Å²) in [6.07, 6.45) is 6.90. The molecule has 1 heterocycles. The number of rotatable bonds is 0. The number of piperidine rings is 1. The second-order valence-corrected chi connectivity index (χ2v) is 7.87. The molecule has 1 aliphatic heterocycles. The van der Waals surface area contributed by atoms with Crippen LogP contribution in [0.5, 0.6) is 0 Å². The molecule has 2 bridgehead atoms. The largest absolute Gasteiger partial charge is 0.302 e. The Hall–Kier alpha value is -0.790. The van der Waals surface area contributed by atoms with E-state index in [1.165, 1.54) is 12.1 Å². The molecule has 0 aromatic heterocycles. The predicted octanol–water partition coefficient (Wildman–Crippen LogP) is 3.92. The Balaban J connectivity index is 2.02. The zero-order chi connectivity index (χ0) is 14.8. The fourth-order valence-electron chi connectivity index (χ4n) is 5.61. The Morgan fingerprint density at radius 2 is 2.14 bits per heavy atom. The van der Waals surface area contributed by atoms with Crippen molar-refractivity contribution in [3.05, 3.63) is 47.0 Å². The molecule has 1 aromatic rings. The lowest BCUT2D eigenvalue weighted by atomic mass is 9.49. The molecule has 1 nitrogen and oxygen atoms in total. The maximum Gasteiger partial charge on any atom is 0.0568 e. The molecule has 1 fully saturated rings. The number of aryl methyl sites for hydroxylation is 1. The molecule has 2 heteroatoms. The molecule has 1 aromatic carbocycles. The van der Waals surface area contributed by atoms with Gasteiger partial charge < -0.3 is 4.90 Å². The van der Waals surface area contributed by atoms with Gasteiger partial charge in [0.2, 0.25) is 0 Å². The Bertz CT molecular complexity index is 608. The summed E-state index contributed by atoms with van der Waals surface area (Å²) in [7, 11) is 2.29. The number of nitrogens with zero attached hydrogens (tertiary/aromatic N) is 1. The van der Waals surface area contributed by atoms with Gasteiger partial charge in [0.1, 0.15) is 0 Å². The normalized spacial score (nSPS) is 41.5. The molecule has 4 rings (SSSR count). The summed E-state index contributed by atoms with van der Waals surface area (Å²) in [6.45, 7) is 5.91. The van der Waals surface area contributed by atoms with Crippen LogP contribution in [0.3, 0.4) is 0 Å². The highest BCUT2D eigenvalue weighted by atomic mass is 35.5. The SMILES string of the molecule is Cc1cccc2c1[C@@]13CC=CC(Cl)C1[C@@H](C2)N(C)CC3C. The highest BCUT2D eigenvalue weighted by Gasteiger charge is 2.58. The smallest absolute Gasteiger partial charge is 0.0568 e. The van der Waals surface area contributed by atoms with Crippen molar-refractivity contribution in [3.8, 4) is 0 Å². The molecule has 21 heavy (non-hydrogen) atoms. The summed E-state index contributed by atoms with van der Waals surface area (Å²) in [5.41, 5.74) is 4.90. The van der Waals surface area contributed by atoms with Gasteiger partial charge >= 0.3 is 0 Å². The fourth-order valence-corrected chi connectivity index (χ4v) is 6.11. The highest BCUT2D eigenvalue weighted by molar-refractivity contribution is 6.22. The quantitative estimate of drug-likeness (QED) is 0.518. The first kappa shape index (κ1) is 13.8. The van der Waals surface area contributed by atoms with Crippen molar-refractivity contribution in [1.29, 1.82) is 0 Å². The van der Waals surface area contributed by atoms with Crippen molar-refractivity contribution in [2.45, 2.75) is 43.5 Å². The van der Waals surface area contributed by atoms with Crippen molar-refractivity contribution in [3.63, 3.8) is 0 Å². The third-order valence-corrected chi connectivity index (χ3v) is 6.81. The van der Waals surface area contributed by atoms with E-state index in [0.717, 1.165) is 12.8 Å². The zero-order valence-electron chi connectivity index (χ0n) is 13.1. The summed E-state index contributed by atoms with van der Waals surface area (Å²) in [6, 6.07) is 7.45. The van der Waals surface area contributed by atoms with Gasteiger partial charge in [-0.05, 0) is 49.4 Å². The van der Waals surface area contributed by atoms with Crippen LogP contribution in [0.15, 0.2) is 30.4 Å². The Morgan fingerprint density at radius 1 is 1.33 bits per heavy atom. The minimum Gasteiger partial charge on any atom is -0.302 e. The van der Waals surface area contributed by atoms with E-state index in [9.17, 15) is 0 Å². The molecule has 1 saturated heterocycles. The fraction of sp³-hybridized carbons (Fsp3) is 0.579. The van der Waals surface area contributed by atoms with Gasteiger partial charge in [-0.15, -0.1) is 11.6 Å². The number of hydrogen-bond acceptors (Lipinski definition) is 1. The van der Waals surface area contributed by atoms with E-state index < -0.39 is 0 Å². The van der Waals surface area contributed by atoms with Crippen molar-refractivity contribution >= 4 is 11.6 Å². The molecule has 2 aliphatic carbocycles. The van der Waals surface area contributed by atoms with Crippen LogP contribution < -0.4 is 0 Å². The number of benzene rings is 1. The maximum absolute atomic E-state index is 6.82. The van der Waals surface area contributed by atoms with Crippen LogP contribution in [0, 0.1) is 18.8 Å². The van der Waals surface area contributed by atoms with E-state index in [0.29, 0.717) is 17.9 Å². The summed E-state index contributed by atoms with van der Waals surface area (Å²) < 4.78 is 0. The first-order chi connectivity index (χ1) is 10.1. The van der Waals surface area contributed by atoms with E-state index in [2.05, 4.69) is 56.1 Å².